The summed E-state index contributed by atoms with van der Waals surface area (Å²) in [5.74, 6) is 2.19. The van der Waals surface area contributed by atoms with E-state index >= 15 is 0 Å². The second kappa shape index (κ2) is 8.63. The number of hydrogen-bond donors (Lipinski definition) is 1. The van der Waals surface area contributed by atoms with Gasteiger partial charge in [0.05, 0.1) is 7.11 Å². The molecule has 122 valence electrons. The number of carbonyl (C=O) groups is 1. The molecule has 5 heteroatoms. The van der Waals surface area contributed by atoms with Crippen LogP contribution in [0.25, 0.3) is 0 Å². The Hall–Kier alpha value is -1.75. The summed E-state index contributed by atoms with van der Waals surface area (Å²) in [6.45, 7) is 2.83. The lowest BCUT2D eigenvalue weighted by Crippen LogP contribution is -2.41. The third kappa shape index (κ3) is 4.91. The smallest absolute Gasteiger partial charge is 0.260 e. The number of carbonyl (C=O) groups excluding carboxylic acids is 1. The molecule has 0 aliphatic carbocycles. The fourth-order valence-electron chi connectivity index (χ4n) is 2.75. The molecule has 1 aliphatic heterocycles. The van der Waals surface area contributed by atoms with Gasteiger partial charge < -0.3 is 19.7 Å². The van der Waals surface area contributed by atoms with Gasteiger partial charge in [-0.05, 0) is 50.9 Å². The van der Waals surface area contributed by atoms with Gasteiger partial charge in [0.25, 0.3) is 5.91 Å². The monoisotopic (exact) mass is 306 g/mol. The van der Waals surface area contributed by atoms with Crippen LogP contribution in [0.1, 0.15) is 19.3 Å². The van der Waals surface area contributed by atoms with Crippen molar-refractivity contribution in [2.24, 2.45) is 5.92 Å². The van der Waals surface area contributed by atoms with Crippen molar-refractivity contribution in [3.8, 4) is 11.5 Å². The van der Waals surface area contributed by atoms with Crippen molar-refractivity contribution in [1.29, 1.82) is 0 Å². The van der Waals surface area contributed by atoms with E-state index in [2.05, 4.69) is 5.32 Å². The third-order valence-corrected chi connectivity index (χ3v) is 4.17. The quantitative estimate of drug-likeness (QED) is 0.836. The highest BCUT2D eigenvalue weighted by Crippen LogP contribution is 2.21. The van der Waals surface area contributed by atoms with Crippen LogP contribution in [0.2, 0.25) is 0 Å². The Kier molecular flexibility index (Phi) is 6.52. The van der Waals surface area contributed by atoms with Crippen molar-refractivity contribution in [1.82, 2.24) is 10.2 Å². The number of amides is 1. The molecular formula is C17H26N2O3. The Balaban J connectivity index is 1.74. The minimum atomic E-state index is 0.0647. The molecule has 22 heavy (non-hydrogen) atoms. The highest BCUT2D eigenvalue weighted by Gasteiger charge is 2.22. The highest BCUT2D eigenvalue weighted by atomic mass is 16.5. The van der Waals surface area contributed by atoms with E-state index in [4.69, 9.17) is 9.47 Å². The molecule has 1 saturated heterocycles. The topological polar surface area (TPSA) is 50.8 Å². The zero-order chi connectivity index (χ0) is 15.8. The normalized spacial score (nSPS) is 15.6. The van der Waals surface area contributed by atoms with Gasteiger partial charge in [-0.2, -0.15) is 0 Å². The summed E-state index contributed by atoms with van der Waals surface area (Å²) in [5.41, 5.74) is 0. The number of methoxy groups -OCH3 is 1. The van der Waals surface area contributed by atoms with Gasteiger partial charge in [0.2, 0.25) is 0 Å². The molecule has 2 rings (SSSR count). The summed E-state index contributed by atoms with van der Waals surface area (Å²) in [6.07, 6.45) is 3.37. The van der Waals surface area contributed by atoms with Crippen molar-refractivity contribution in [2.75, 3.05) is 40.4 Å². The van der Waals surface area contributed by atoms with Gasteiger partial charge in [0, 0.05) is 19.2 Å². The zero-order valence-electron chi connectivity index (χ0n) is 13.5. The molecule has 1 aromatic carbocycles. The lowest BCUT2D eigenvalue weighted by Gasteiger charge is -2.32. The lowest BCUT2D eigenvalue weighted by atomic mass is 9.93. The number of nitrogens with one attached hydrogen (secondary N) is 1. The standard InChI is InChI=1S/C17H26N2O3/c1-18-9-6-14-7-10-19(11-8-14)17(20)13-22-16-5-3-4-15(12-16)21-2/h3-5,12,14,18H,6-11,13H2,1-2H3. The van der Waals surface area contributed by atoms with Gasteiger partial charge in [-0.3, -0.25) is 4.79 Å². The van der Waals surface area contributed by atoms with E-state index in [9.17, 15) is 4.79 Å². The minimum Gasteiger partial charge on any atom is -0.497 e. The molecule has 1 heterocycles. The summed E-state index contributed by atoms with van der Waals surface area (Å²) in [7, 11) is 3.59. The summed E-state index contributed by atoms with van der Waals surface area (Å²) in [5, 5.41) is 3.19. The molecule has 0 saturated carbocycles. The largest absolute Gasteiger partial charge is 0.497 e. The molecule has 1 aliphatic rings. The molecule has 0 spiro atoms. The van der Waals surface area contributed by atoms with E-state index < -0.39 is 0 Å². The molecule has 1 aromatic rings. The molecule has 0 bridgehead atoms. The molecule has 1 N–H and O–H groups in total. The third-order valence-electron chi connectivity index (χ3n) is 4.17. The molecule has 1 amide bonds. The number of benzene rings is 1. The minimum absolute atomic E-state index is 0.0647. The van der Waals surface area contributed by atoms with Gasteiger partial charge in [-0.1, -0.05) is 6.07 Å². The maximum Gasteiger partial charge on any atom is 0.260 e. The first-order valence-corrected chi connectivity index (χ1v) is 7.92. The van der Waals surface area contributed by atoms with E-state index in [1.165, 1.54) is 6.42 Å². The number of likely N-dealkylation sites (tertiary alicyclic amines) is 1. The summed E-state index contributed by atoms with van der Waals surface area (Å²) in [6, 6.07) is 7.33. The zero-order valence-corrected chi connectivity index (χ0v) is 13.5. The Labute approximate surface area is 132 Å². The second-order valence-corrected chi connectivity index (χ2v) is 5.68. The van der Waals surface area contributed by atoms with E-state index in [1.807, 2.05) is 30.1 Å². The van der Waals surface area contributed by atoms with Crippen LogP contribution in [-0.2, 0) is 4.79 Å². The number of nitrogens with zero attached hydrogens (tertiary/aromatic N) is 1. The van der Waals surface area contributed by atoms with Gasteiger partial charge >= 0.3 is 0 Å². The summed E-state index contributed by atoms with van der Waals surface area (Å²) >= 11 is 0. The molecular weight excluding hydrogens is 280 g/mol. The predicted octanol–water partition coefficient (Wildman–Crippen LogP) is 1.92. The van der Waals surface area contributed by atoms with Crippen LogP contribution in [0.5, 0.6) is 11.5 Å². The van der Waals surface area contributed by atoms with Crippen LogP contribution in [-0.4, -0.2) is 51.2 Å². The van der Waals surface area contributed by atoms with Crippen LogP contribution in [0.15, 0.2) is 24.3 Å². The van der Waals surface area contributed by atoms with Crippen molar-refractivity contribution in [3.63, 3.8) is 0 Å². The molecule has 0 radical (unpaired) electrons. The number of ether oxygens (including phenoxy) is 2. The fraction of sp³-hybridized carbons (Fsp3) is 0.588. The molecule has 0 atom stereocenters. The number of piperidine rings is 1. The number of hydrogen-bond acceptors (Lipinski definition) is 4. The fourth-order valence-corrected chi connectivity index (χ4v) is 2.75. The molecule has 0 aromatic heterocycles. The lowest BCUT2D eigenvalue weighted by molar-refractivity contribution is -0.134. The number of rotatable bonds is 7. The van der Waals surface area contributed by atoms with Crippen LogP contribution in [0.4, 0.5) is 0 Å². The maximum absolute atomic E-state index is 12.2. The SMILES string of the molecule is CNCCC1CCN(C(=O)COc2cccc(OC)c2)CC1. The van der Waals surface area contributed by atoms with Gasteiger partial charge in [0.15, 0.2) is 6.61 Å². The molecule has 0 unspecified atom stereocenters. The summed E-state index contributed by atoms with van der Waals surface area (Å²) < 4.78 is 10.7. The maximum atomic E-state index is 12.2. The van der Waals surface area contributed by atoms with E-state index in [0.29, 0.717) is 5.75 Å². The van der Waals surface area contributed by atoms with E-state index in [-0.39, 0.29) is 12.5 Å². The Morgan fingerprint density at radius 3 is 2.73 bits per heavy atom. The van der Waals surface area contributed by atoms with Crippen molar-refractivity contribution >= 4 is 5.91 Å². The highest BCUT2D eigenvalue weighted by molar-refractivity contribution is 5.77. The first kappa shape index (κ1) is 16.6. The van der Waals surface area contributed by atoms with Gasteiger partial charge in [-0.25, -0.2) is 0 Å². The van der Waals surface area contributed by atoms with Crippen LogP contribution < -0.4 is 14.8 Å². The first-order chi connectivity index (χ1) is 10.7. The van der Waals surface area contributed by atoms with Crippen molar-refractivity contribution in [2.45, 2.75) is 19.3 Å². The van der Waals surface area contributed by atoms with Crippen LogP contribution >= 0.6 is 0 Å². The predicted molar refractivity (Wildman–Crippen MR) is 86.3 cm³/mol. The Bertz CT molecular complexity index is 471. The average molecular weight is 306 g/mol. The average Bonchev–Trinajstić information content (AvgIpc) is 2.58. The molecule has 1 fully saturated rings. The second-order valence-electron chi connectivity index (χ2n) is 5.68. The molecule has 5 nitrogen and oxygen atoms in total. The van der Waals surface area contributed by atoms with E-state index in [0.717, 1.165) is 44.1 Å². The van der Waals surface area contributed by atoms with Crippen LogP contribution in [0, 0.1) is 5.92 Å². The Morgan fingerprint density at radius 2 is 2.05 bits per heavy atom. The van der Waals surface area contributed by atoms with Crippen molar-refractivity contribution in [3.05, 3.63) is 24.3 Å². The summed E-state index contributed by atoms with van der Waals surface area (Å²) in [4.78, 5) is 14.1. The van der Waals surface area contributed by atoms with E-state index in [1.54, 1.807) is 13.2 Å². The van der Waals surface area contributed by atoms with Crippen molar-refractivity contribution < 1.29 is 14.3 Å². The Morgan fingerprint density at radius 1 is 1.32 bits per heavy atom. The first-order valence-electron chi connectivity index (χ1n) is 7.92. The van der Waals surface area contributed by atoms with Gasteiger partial charge in [0.1, 0.15) is 11.5 Å². The van der Waals surface area contributed by atoms with Crippen LogP contribution in [0.3, 0.4) is 0 Å². The van der Waals surface area contributed by atoms with Gasteiger partial charge in [-0.15, -0.1) is 0 Å².